The van der Waals surface area contributed by atoms with Gasteiger partial charge in [0.25, 0.3) is 0 Å². The van der Waals surface area contributed by atoms with Crippen molar-refractivity contribution in [2.45, 2.75) is 62.2 Å². The van der Waals surface area contributed by atoms with Crippen LogP contribution in [0.15, 0.2) is 43.0 Å². The number of rotatable bonds is 10. The summed E-state index contributed by atoms with van der Waals surface area (Å²) in [5, 5.41) is 10.2. The van der Waals surface area contributed by atoms with Crippen molar-refractivity contribution in [1.82, 2.24) is 9.80 Å². The molecule has 3 heterocycles. The molecule has 190 valence electrons. The van der Waals surface area contributed by atoms with Gasteiger partial charge in [0.1, 0.15) is 6.04 Å². The molecule has 2 amide bonds. The lowest BCUT2D eigenvalue weighted by Gasteiger charge is -2.42. The van der Waals surface area contributed by atoms with Crippen LogP contribution in [0.3, 0.4) is 0 Å². The van der Waals surface area contributed by atoms with Crippen LogP contribution in [-0.2, 0) is 25.7 Å². The van der Waals surface area contributed by atoms with Gasteiger partial charge in [-0.25, -0.2) is 0 Å². The minimum absolute atomic E-state index is 0.0494. The monoisotopic (exact) mass is 500 g/mol. The minimum Gasteiger partial charge on any atom is -0.466 e. The number of aliphatic hydroxyl groups is 1. The van der Waals surface area contributed by atoms with Gasteiger partial charge in [-0.2, -0.15) is 0 Å². The highest BCUT2D eigenvalue weighted by molar-refractivity contribution is 8.02. The first-order valence-corrected chi connectivity index (χ1v) is 13.4. The van der Waals surface area contributed by atoms with Gasteiger partial charge in [0.2, 0.25) is 11.8 Å². The summed E-state index contributed by atoms with van der Waals surface area (Å²) in [4.78, 5) is 44.8. The molecular weight excluding hydrogens is 464 g/mol. The number of benzene rings is 1. The number of carbonyl (C=O) groups excluding carboxylic acids is 3. The van der Waals surface area contributed by atoms with E-state index in [1.807, 2.05) is 37.3 Å². The molecule has 8 heteroatoms. The van der Waals surface area contributed by atoms with Gasteiger partial charge < -0.3 is 19.6 Å². The van der Waals surface area contributed by atoms with E-state index in [2.05, 4.69) is 13.5 Å². The number of carbonyl (C=O) groups is 3. The van der Waals surface area contributed by atoms with Crippen LogP contribution in [0.1, 0.15) is 39.2 Å². The van der Waals surface area contributed by atoms with Gasteiger partial charge in [-0.15, -0.1) is 18.3 Å². The highest BCUT2D eigenvalue weighted by Crippen LogP contribution is 2.69. The predicted molar refractivity (Wildman–Crippen MR) is 135 cm³/mol. The average Bonchev–Trinajstić information content (AvgIpc) is 3.44. The molecule has 3 fully saturated rings. The maximum absolute atomic E-state index is 14.4. The van der Waals surface area contributed by atoms with Crippen molar-refractivity contribution >= 4 is 29.5 Å². The van der Waals surface area contributed by atoms with Crippen LogP contribution in [0.4, 0.5) is 0 Å². The summed E-state index contributed by atoms with van der Waals surface area (Å²) in [7, 11) is 0. The first-order chi connectivity index (χ1) is 16.8. The number of amides is 2. The Morgan fingerprint density at radius 3 is 2.66 bits per heavy atom. The largest absolute Gasteiger partial charge is 0.466 e. The summed E-state index contributed by atoms with van der Waals surface area (Å²) in [6.07, 6.45) is 2.97. The number of hydrogen-bond acceptors (Lipinski definition) is 6. The fraction of sp³-hybridized carbons (Fsp3) is 0.593. The summed E-state index contributed by atoms with van der Waals surface area (Å²) in [6.45, 7) is 10.4. The molecule has 1 aromatic rings. The van der Waals surface area contributed by atoms with E-state index in [0.717, 1.165) is 12.0 Å². The maximum atomic E-state index is 14.4. The van der Waals surface area contributed by atoms with E-state index in [1.54, 1.807) is 34.6 Å². The molecule has 0 aromatic heterocycles. The predicted octanol–water partition coefficient (Wildman–Crippen LogP) is 2.87. The van der Waals surface area contributed by atoms with Crippen LogP contribution < -0.4 is 0 Å². The first kappa shape index (κ1) is 25.8. The molecule has 3 unspecified atom stereocenters. The first-order valence-electron chi connectivity index (χ1n) is 12.6. The van der Waals surface area contributed by atoms with E-state index in [-0.39, 0.29) is 42.2 Å². The normalized spacial score (nSPS) is 31.8. The van der Waals surface area contributed by atoms with E-state index in [0.29, 0.717) is 19.5 Å². The van der Waals surface area contributed by atoms with Crippen molar-refractivity contribution in [3.8, 4) is 0 Å². The summed E-state index contributed by atoms with van der Waals surface area (Å²) < 4.78 is 4.67. The molecular formula is C27H36N2O5S. The van der Waals surface area contributed by atoms with Crippen LogP contribution in [-0.4, -0.2) is 74.5 Å². The fourth-order valence-electron chi connectivity index (χ4n) is 6.42. The van der Waals surface area contributed by atoms with Gasteiger partial charge in [0, 0.05) is 18.3 Å². The molecule has 0 saturated carbocycles. The van der Waals surface area contributed by atoms with Gasteiger partial charge in [-0.3, -0.25) is 14.4 Å². The van der Waals surface area contributed by atoms with E-state index in [9.17, 15) is 19.5 Å². The summed E-state index contributed by atoms with van der Waals surface area (Å²) in [6, 6.07) is 8.50. The van der Waals surface area contributed by atoms with Gasteiger partial charge in [-0.1, -0.05) is 50.3 Å². The molecule has 7 atom stereocenters. The van der Waals surface area contributed by atoms with Crippen molar-refractivity contribution in [2.75, 3.05) is 19.8 Å². The third-order valence-corrected chi connectivity index (χ3v) is 10.0. The summed E-state index contributed by atoms with van der Waals surface area (Å²) in [5.74, 6) is -1.84. The average molecular weight is 501 g/mol. The highest BCUT2D eigenvalue weighted by atomic mass is 32.2. The molecule has 3 aliphatic heterocycles. The smallest absolute Gasteiger partial charge is 0.310 e. The quantitative estimate of drug-likeness (QED) is 0.393. The second-order valence-corrected chi connectivity index (χ2v) is 11.3. The number of nitrogens with zero attached hydrogens (tertiary/aromatic N) is 2. The summed E-state index contributed by atoms with van der Waals surface area (Å²) >= 11 is 1.63. The lowest BCUT2D eigenvalue weighted by Crippen LogP contribution is -2.59. The third kappa shape index (κ3) is 4.08. The lowest BCUT2D eigenvalue weighted by atomic mass is 9.66. The van der Waals surface area contributed by atoms with Crippen molar-refractivity contribution in [2.24, 2.45) is 17.8 Å². The molecule has 3 aliphatic rings. The Labute approximate surface area is 211 Å². The molecule has 35 heavy (non-hydrogen) atoms. The number of thioether (sulfide) groups is 1. The number of ether oxygens (including phenoxy) is 1. The van der Waals surface area contributed by atoms with Gasteiger partial charge in [-0.05, 0) is 31.2 Å². The van der Waals surface area contributed by atoms with Gasteiger partial charge >= 0.3 is 5.97 Å². The van der Waals surface area contributed by atoms with E-state index in [4.69, 9.17) is 4.74 Å². The Bertz CT molecular complexity index is 968. The molecule has 0 radical (unpaired) electrons. The van der Waals surface area contributed by atoms with Crippen LogP contribution >= 0.6 is 11.8 Å². The number of fused-ring (bicyclic) bond motifs is 1. The molecule has 3 saturated heterocycles. The second kappa shape index (κ2) is 10.3. The minimum atomic E-state index is -0.759. The Morgan fingerprint density at radius 1 is 1.34 bits per heavy atom. The number of esters is 1. The zero-order valence-corrected chi connectivity index (χ0v) is 21.6. The molecule has 1 spiro atoms. The number of aliphatic hydroxyl groups excluding tert-OH is 1. The van der Waals surface area contributed by atoms with Crippen molar-refractivity contribution in [1.29, 1.82) is 0 Å². The third-order valence-electron chi connectivity index (χ3n) is 7.93. The SMILES string of the molecule is C=CCN(Cc1ccccc1)C(=O)C1N([C@@H](CC)CO)C(=O)[C@@H]2[C@@H](C(=O)OCC)[C@H]3CC(C)C12S3. The molecule has 4 rings (SSSR count). The van der Waals surface area contributed by atoms with Gasteiger partial charge in [0.15, 0.2) is 0 Å². The van der Waals surface area contributed by atoms with Crippen molar-refractivity contribution in [3.63, 3.8) is 0 Å². The zero-order valence-electron chi connectivity index (χ0n) is 20.8. The molecule has 2 bridgehead atoms. The zero-order chi connectivity index (χ0) is 25.3. The second-order valence-electron chi connectivity index (χ2n) is 9.79. The Hall–Kier alpha value is -2.32. The van der Waals surface area contributed by atoms with Crippen molar-refractivity contribution in [3.05, 3.63) is 48.6 Å². The Balaban J connectivity index is 1.79. The summed E-state index contributed by atoms with van der Waals surface area (Å²) in [5.41, 5.74) is 0.989. The van der Waals surface area contributed by atoms with Crippen LogP contribution in [0.25, 0.3) is 0 Å². The standard InChI is InChI=1S/C27H36N2O5S/c1-5-13-28(15-18-11-9-8-10-12-18)25(32)23-27-17(4)14-20(35-27)21(26(33)34-7-3)22(27)24(31)29(23)19(6-2)16-30/h5,8-12,17,19-23,30H,1,6-7,13-16H2,2-4H3/t17?,19-,20+,21-,22-,23?,27?/m0/s1. The fourth-order valence-corrected chi connectivity index (χ4v) is 8.81. The molecule has 7 nitrogen and oxygen atoms in total. The number of likely N-dealkylation sites (tertiary alicyclic amines) is 1. The van der Waals surface area contributed by atoms with E-state index >= 15 is 0 Å². The van der Waals surface area contributed by atoms with Gasteiger partial charge in [0.05, 0.1) is 35.8 Å². The molecule has 0 aliphatic carbocycles. The van der Waals surface area contributed by atoms with E-state index in [1.165, 1.54) is 0 Å². The maximum Gasteiger partial charge on any atom is 0.310 e. The van der Waals surface area contributed by atoms with Crippen LogP contribution in [0.5, 0.6) is 0 Å². The van der Waals surface area contributed by atoms with Crippen LogP contribution in [0, 0.1) is 17.8 Å². The Kier molecular flexibility index (Phi) is 7.62. The lowest BCUT2D eigenvalue weighted by molar-refractivity contribution is -0.154. The number of hydrogen-bond donors (Lipinski definition) is 1. The van der Waals surface area contributed by atoms with E-state index < -0.39 is 28.7 Å². The van der Waals surface area contributed by atoms with Crippen molar-refractivity contribution < 1.29 is 24.2 Å². The topological polar surface area (TPSA) is 87.2 Å². The highest BCUT2D eigenvalue weighted by Gasteiger charge is 2.77. The Morgan fingerprint density at radius 2 is 2.06 bits per heavy atom. The van der Waals surface area contributed by atoms with Crippen LogP contribution in [0.2, 0.25) is 0 Å². The molecule has 1 N–H and O–H groups in total. The molecule has 1 aromatic carbocycles.